The molecule has 0 aliphatic carbocycles. The Morgan fingerprint density at radius 1 is 1.17 bits per heavy atom. The summed E-state index contributed by atoms with van der Waals surface area (Å²) >= 11 is 3.45. The maximum absolute atomic E-state index is 6.06. The van der Waals surface area contributed by atoms with Crippen LogP contribution in [0.15, 0.2) is 45.3 Å². The summed E-state index contributed by atoms with van der Waals surface area (Å²) in [5.74, 6) is 0.554. The van der Waals surface area contributed by atoms with Crippen LogP contribution >= 0.6 is 15.9 Å². The van der Waals surface area contributed by atoms with Crippen molar-refractivity contribution in [1.82, 2.24) is 4.98 Å². The van der Waals surface area contributed by atoms with Crippen molar-refractivity contribution in [2.75, 3.05) is 5.73 Å². The first-order valence-electron chi connectivity index (χ1n) is 5.57. The van der Waals surface area contributed by atoms with Gasteiger partial charge in [0.15, 0.2) is 5.58 Å². The van der Waals surface area contributed by atoms with E-state index in [1.807, 2.05) is 43.3 Å². The molecule has 4 heteroatoms. The number of aryl methyl sites for hydroxylation is 1. The number of nitrogens with zero attached hydrogens (tertiary/aromatic N) is 1. The lowest BCUT2D eigenvalue weighted by Gasteiger charge is -2.03. The zero-order valence-electron chi connectivity index (χ0n) is 9.77. The van der Waals surface area contributed by atoms with E-state index < -0.39 is 0 Å². The molecule has 0 atom stereocenters. The van der Waals surface area contributed by atoms with Crippen molar-refractivity contribution in [3.8, 4) is 11.5 Å². The second-order valence-corrected chi connectivity index (χ2v) is 5.00. The third-order valence-corrected chi connectivity index (χ3v) is 3.55. The topological polar surface area (TPSA) is 52.0 Å². The monoisotopic (exact) mass is 302 g/mol. The minimum atomic E-state index is 0.554. The van der Waals surface area contributed by atoms with E-state index >= 15 is 0 Å². The number of oxazole rings is 1. The zero-order valence-corrected chi connectivity index (χ0v) is 11.4. The highest BCUT2D eigenvalue weighted by Crippen LogP contribution is 2.32. The molecule has 0 amide bonds. The summed E-state index contributed by atoms with van der Waals surface area (Å²) in [6.07, 6.45) is 0. The number of rotatable bonds is 1. The van der Waals surface area contributed by atoms with Crippen LogP contribution in [-0.4, -0.2) is 4.98 Å². The fourth-order valence-electron chi connectivity index (χ4n) is 1.90. The van der Waals surface area contributed by atoms with Gasteiger partial charge in [-0.15, -0.1) is 0 Å². The molecule has 0 aliphatic rings. The van der Waals surface area contributed by atoms with Gasteiger partial charge in [0.05, 0.1) is 10.0 Å². The van der Waals surface area contributed by atoms with Crippen LogP contribution in [0, 0.1) is 6.92 Å². The fraction of sp³-hybridized carbons (Fsp3) is 0.0714. The Bertz CT molecular complexity index is 734. The number of hydrogen-bond donors (Lipinski definition) is 1. The average Bonchev–Trinajstić information content (AvgIpc) is 2.78. The summed E-state index contributed by atoms with van der Waals surface area (Å²) < 4.78 is 6.68. The summed E-state index contributed by atoms with van der Waals surface area (Å²) in [7, 11) is 0. The van der Waals surface area contributed by atoms with Crippen molar-refractivity contribution in [2.45, 2.75) is 6.92 Å². The maximum atomic E-state index is 6.06. The Kier molecular flexibility index (Phi) is 2.59. The molecule has 3 aromatic rings. The van der Waals surface area contributed by atoms with Crippen LogP contribution in [0.1, 0.15) is 5.56 Å². The summed E-state index contributed by atoms with van der Waals surface area (Å²) in [4.78, 5) is 4.47. The molecule has 2 N–H and O–H groups in total. The van der Waals surface area contributed by atoms with Crippen LogP contribution in [-0.2, 0) is 0 Å². The first-order valence-corrected chi connectivity index (χ1v) is 6.36. The number of para-hydroxylation sites is 2. The lowest BCUT2D eigenvalue weighted by molar-refractivity contribution is 0.618. The first-order chi connectivity index (χ1) is 8.66. The number of nitrogen functional groups attached to an aromatic ring is 1. The van der Waals surface area contributed by atoms with E-state index in [0.29, 0.717) is 11.6 Å². The molecule has 3 nitrogen and oxygen atoms in total. The molecular formula is C14H11BrN2O. The van der Waals surface area contributed by atoms with E-state index in [0.717, 1.165) is 26.7 Å². The van der Waals surface area contributed by atoms with Crippen molar-refractivity contribution in [3.63, 3.8) is 0 Å². The molecule has 0 fully saturated rings. The highest BCUT2D eigenvalue weighted by Gasteiger charge is 2.13. The van der Waals surface area contributed by atoms with Crippen LogP contribution < -0.4 is 5.73 Å². The number of halogens is 1. The van der Waals surface area contributed by atoms with Gasteiger partial charge in [0.1, 0.15) is 5.52 Å². The van der Waals surface area contributed by atoms with E-state index in [1.165, 1.54) is 0 Å². The molecule has 0 saturated carbocycles. The molecule has 0 spiro atoms. The Hall–Kier alpha value is -1.81. The van der Waals surface area contributed by atoms with Gasteiger partial charge in [0.25, 0.3) is 0 Å². The normalized spacial score (nSPS) is 11.0. The predicted molar refractivity (Wildman–Crippen MR) is 76.3 cm³/mol. The second kappa shape index (κ2) is 4.14. The van der Waals surface area contributed by atoms with Crippen LogP contribution in [0.2, 0.25) is 0 Å². The van der Waals surface area contributed by atoms with Crippen LogP contribution in [0.25, 0.3) is 22.6 Å². The minimum absolute atomic E-state index is 0.554. The van der Waals surface area contributed by atoms with Crippen molar-refractivity contribution >= 4 is 32.7 Å². The molecule has 1 heterocycles. The summed E-state index contributed by atoms with van der Waals surface area (Å²) in [6.45, 7) is 1.97. The molecular weight excluding hydrogens is 292 g/mol. The Morgan fingerprint density at radius 2 is 1.94 bits per heavy atom. The number of anilines is 1. The molecule has 0 saturated heterocycles. The van der Waals surface area contributed by atoms with E-state index in [-0.39, 0.29) is 0 Å². The lowest BCUT2D eigenvalue weighted by Crippen LogP contribution is -1.93. The molecule has 0 radical (unpaired) electrons. The molecule has 90 valence electrons. The molecule has 0 bridgehead atoms. The fourth-order valence-corrected chi connectivity index (χ4v) is 2.33. The molecule has 3 rings (SSSR count). The first kappa shape index (κ1) is 11.3. The van der Waals surface area contributed by atoms with E-state index in [1.54, 1.807) is 0 Å². The Balaban J connectivity index is 2.26. The van der Waals surface area contributed by atoms with Gasteiger partial charge in [-0.25, -0.2) is 4.98 Å². The van der Waals surface area contributed by atoms with Gasteiger partial charge in [-0.3, -0.25) is 0 Å². The zero-order chi connectivity index (χ0) is 12.7. The third-order valence-electron chi connectivity index (χ3n) is 2.92. The minimum Gasteiger partial charge on any atom is -0.435 e. The molecule has 1 aromatic heterocycles. The second-order valence-electron chi connectivity index (χ2n) is 4.14. The number of benzene rings is 2. The SMILES string of the molecule is Cc1cccc(-c2nc3cccc(Br)c3o2)c1N. The molecule has 18 heavy (non-hydrogen) atoms. The third kappa shape index (κ3) is 1.69. The van der Waals surface area contributed by atoms with Gasteiger partial charge in [-0.1, -0.05) is 18.2 Å². The van der Waals surface area contributed by atoms with Gasteiger partial charge in [-0.2, -0.15) is 0 Å². The van der Waals surface area contributed by atoms with Crippen LogP contribution in [0.4, 0.5) is 5.69 Å². The van der Waals surface area contributed by atoms with Crippen molar-refractivity contribution < 1.29 is 4.42 Å². The number of aromatic nitrogens is 1. The Morgan fingerprint density at radius 3 is 2.72 bits per heavy atom. The Labute approximate surface area is 113 Å². The largest absolute Gasteiger partial charge is 0.435 e. The van der Waals surface area contributed by atoms with Crippen molar-refractivity contribution in [1.29, 1.82) is 0 Å². The van der Waals surface area contributed by atoms with Gasteiger partial charge in [0.2, 0.25) is 5.89 Å². The molecule has 0 unspecified atom stereocenters. The van der Waals surface area contributed by atoms with E-state index in [2.05, 4.69) is 20.9 Å². The van der Waals surface area contributed by atoms with Crippen molar-refractivity contribution in [2.24, 2.45) is 0 Å². The quantitative estimate of drug-likeness (QED) is 0.687. The van der Waals surface area contributed by atoms with Gasteiger partial charge >= 0.3 is 0 Å². The highest BCUT2D eigenvalue weighted by molar-refractivity contribution is 9.10. The molecule has 0 aliphatic heterocycles. The van der Waals surface area contributed by atoms with Crippen LogP contribution in [0.5, 0.6) is 0 Å². The number of nitrogens with two attached hydrogens (primary N) is 1. The smallest absolute Gasteiger partial charge is 0.229 e. The van der Waals surface area contributed by atoms with Gasteiger partial charge in [-0.05, 0) is 46.6 Å². The average molecular weight is 303 g/mol. The predicted octanol–water partition coefficient (Wildman–Crippen LogP) is 4.15. The lowest BCUT2D eigenvalue weighted by atomic mass is 10.1. The molecule has 2 aromatic carbocycles. The summed E-state index contributed by atoms with van der Waals surface area (Å²) in [5, 5.41) is 0. The van der Waals surface area contributed by atoms with Gasteiger partial charge < -0.3 is 10.2 Å². The van der Waals surface area contributed by atoms with E-state index in [4.69, 9.17) is 10.2 Å². The maximum Gasteiger partial charge on any atom is 0.229 e. The highest BCUT2D eigenvalue weighted by atomic mass is 79.9. The standard InChI is InChI=1S/C14H11BrN2O/c1-8-4-2-5-9(12(8)16)14-17-11-7-3-6-10(15)13(11)18-14/h2-7H,16H2,1H3. The van der Waals surface area contributed by atoms with E-state index in [9.17, 15) is 0 Å². The number of hydrogen-bond acceptors (Lipinski definition) is 3. The summed E-state index contributed by atoms with van der Waals surface area (Å²) in [5.41, 5.74) is 10.2. The van der Waals surface area contributed by atoms with Crippen LogP contribution in [0.3, 0.4) is 0 Å². The summed E-state index contributed by atoms with van der Waals surface area (Å²) in [6, 6.07) is 11.6. The van der Waals surface area contributed by atoms with Crippen molar-refractivity contribution in [3.05, 3.63) is 46.4 Å². The van der Waals surface area contributed by atoms with Gasteiger partial charge in [0, 0.05) is 5.69 Å². The number of fused-ring (bicyclic) bond motifs is 1.